The zero-order valence-corrected chi connectivity index (χ0v) is 9.94. The van der Waals surface area contributed by atoms with Gasteiger partial charge in [0, 0.05) is 6.20 Å². The van der Waals surface area contributed by atoms with Crippen molar-refractivity contribution < 1.29 is 9.84 Å². The molecular weight excluding hydrogens is 202 g/mol. The van der Waals surface area contributed by atoms with Crippen molar-refractivity contribution in [2.75, 3.05) is 7.11 Å². The molecule has 3 heteroatoms. The van der Waals surface area contributed by atoms with Gasteiger partial charge in [0.05, 0.1) is 7.11 Å². The molecule has 1 heterocycles. The Hall–Kier alpha value is -1.09. The molecule has 0 bridgehead atoms. The van der Waals surface area contributed by atoms with Crippen LogP contribution in [0.3, 0.4) is 0 Å². The molecule has 0 atom stereocenters. The van der Waals surface area contributed by atoms with E-state index in [1.54, 1.807) is 13.3 Å². The molecule has 1 N–H and O–H groups in total. The van der Waals surface area contributed by atoms with Gasteiger partial charge in [-0.25, -0.2) is 0 Å². The summed E-state index contributed by atoms with van der Waals surface area (Å²) in [6.07, 6.45) is 5.38. The minimum absolute atomic E-state index is 0.694. The smallest absolute Gasteiger partial charge is 0.143 e. The molecule has 1 aromatic rings. The second-order valence-corrected chi connectivity index (χ2v) is 4.77. The van der Waals surface area contributed by atoms with Gasteiger partial charge in [-0.1, -0.05) is 6.92 Å². The number of hydrogen-bond donors (Lipinski definition) is 1. The summed E-state index contributed by atoms with van der Waals surface area (Å²) < 4.78 is 5.27. The number of nitrogens with zero attached hydrogens (tertiary/aromatic N) is 1. The lowest BCUT2D eigenvalue weighted by molar-refractivity contribution is -0.0177. The molecule has 0 aromatic carbocycles. The molecule has 0 unspecified atom stereocenters. The van der Waals surface area contributed by atoms with Crippen molar-refractivity contribution in [3.63, 3.8) is 0 Å². The van der Waals surface area contributed by atoms with E-state index in [0.29, 0.717) is 17.4 Å². The lowest BCUT2D eigenvalue weighted by Gasteiger charge is -2.34. The fourth-order valence-electron chi connectivity index (χ4n) is 2.38. The van der Waals surface area contributed by atoms with Gasteiger partial charge in [0.15, 0.2) is 0 Å². The summed E-state index contributed by atoms with van der Waals surface area (Å²) in [5.74, 6) is 1.40. The van der Waals surface area contributed by atoms with Crippen LogP contribution < -0.4 is 4.74 Å². The number of rotatable bonds is 2. The highest BCUT2D eigenvalue weighted by Gasteiger charge is 2.36. The predicted molar refractivity (Wildman–Crippen MR) is 62.3 cm³/mol. The van der Waals surface area contributed by atoms with E-state index >= 15 is 0 Å². The van der Waals surface area contributed by atoms with Gasteiger partial charge in [-0.05, 0) is 43.7 Å². The van der Waals surface area contributed by atoms with E-state index in [4.69, 9.17) is 4.74 Å². The molecule has 1 aliphatic carbocycles. The Morgan fingerprint density at radius 1 is 1.44 bits per heavy atom. The molecule has 16 heavy (non-hydrogen) atoms. The van der Waals surface area contributed by atoms with E-state index in [-0.39, 0.29) is 0 Å². The zero-order valence-electron chi connectivity index (χ0n) is 9.94. The SMILES string of the molecule is COc1cccnc1C1(O)CCC(C)CC1. The van der Waals surface area contributed by atoms with Crippen LogP contribution in [0.4, 0.5) is 0 Å². The first-order valence-electron chi connectivity index (χ1n) is 5.87. The van der Waals surface area contributed by atoms with Crippen LogP contribution in [0.2, 0.25) is 0 Å². The number of aliphatic hydroxyl groups is 1. The Morgan fingerprint density at radius 3 is 2.75 bits per heavy atom. The van der Waals surface area contributed by atoms with E-state index in [1.165, 1.54) is 0 Å². The number of pyridine rings is 1. The van der Waals surface area contributed by atoms with E-state index in [0.717, 1.165) is 25.7 Å². The average Bonchev–Trinajstić information content (AvgIpc) is 2.33. The normalized spacial score (nSPS) is 30.1. The molecule has 88 valence electrons. The summed E-state index contributed by atoms with van der Waals surface area (Å²) in [7, 11) is 1.62. The van der Waals surface area contributed by atoms with Crippen molar-refractivity contribution >= 4 is 0 Å². The molecule has 1 fully saturated rings. The van der Waals surface area contributed by atoms with Crippen LogP contribution in [-0.4, -0.2) is 17.2 Å². The number of methoxy groups -OCH3 is 1. The van der Waals surface area contributed by atoms with Gasteiger partial charge in [0.1, 0.15) is 17.0 Å². The average molecular weight is 221 g/mol. The number of hydrogen-bond acceptors (Lipinski definition) is 3. The van der Waals surface area contributed by atoms with Gasteiger partial charge in [-0.15, -0.1) is 0 Å². The van der Waals surface area contributed by atoms with E-state index in [1.807, 2.05) is 12.1 Å². The van der Waals surface area contributed by atoms with Crippen LogP contribution in [0.15, 0.2) is 18.3 Å². The number of ether oxygens (including phenoxy) is 1. The van der Waals surface area contributed by atoms with Crippen molar-refractivity contribution in [3.8, 4) is 5.75 Å². The molecule has 1 aliphatic rings. The standard InChI is InChI=1S/C13H19NO2/c1-10-5-7-13(15,8-6-10)12-11(16-2)4-3-9-14-12/h3-4,9-10,15H,5-8H2,1-2H3. The molecule has 0 aliphatic heterocycles. The second-order valence-electron chi connectivity index (χ2n) is 4.77. The Balaban J connectivity index is 2.28. The topological polar surface area (TPSA) is 42.4 Å². The third-order valence-corrected chi connectivity index (χ3v) is 3.53. The Kier molecular flexibility index (Phi) is 3.15. The summed E-state index contributed by atoms with van der Waals surface area (Å²) in [6.45, 7) is 2.23. The summed E-state index contributed by atoms with van der Waals surface area (Å²) in [5.41, 5.74) is -0.0940. The maximum absolute atomic E-state index is 10.6. The van der Waals surface area contributed by atoms with E-state index in [2.05, 4.69) is 11.9 Å². The molecule has 0 amide bonds. The lowest BCUT2D eigenvalue weighted by Crippen LogP contribution is -2.32. The zero-order chi connectivity index (χ0) is 11.6. The third kappa shape index (κ3) is 2.05. The maximum atomic E-state index is 10.6. The van der Waals surface area contributed by atoms with Gasteiger partial charge in [-0.3, -0.25) is 4.98 Å². The van der Waals surface area contributed by atoms with Gasteiger partial charge in [-0.2, -0.15) is 0 Å². The first-order chi connectivity index (χ1) is 7.65. The quantitative estimate of drug-likeness (QED) is 0.834. The van der Waals surface area contributed by atoms with Crippen molar-refractivity contribution in [2.45, 2.75) is 38.2 Å². The highest BCUT2D eigenvalue weighted by Crippen LogP contribution is 2.41. The molecule has 0 radical (unpaired) electrons. The van der Waals surface area contributed by atoms with Gasteiger partial charge >= 0.3 is 0 Å². The van der Waals surface area contributed by atoms with Gasteiger partial charge in [0.2, 0.25) is 0 Å². The predicted octanol–water partition coefficient (Wildman–Crippen LogP) is 2.49. The third-order valence-electron chi connectivity index (χ3n) is 3.53. The summed E-state index contributed by atoms with van der Waals surface area (Å²) in [5, 5.41) is 10.6. The van der Waals surface area contributed by atoms with Crippen molar-refractivity contribution in [1.29, 1.82) is 0 Å². The molecule has 1 aromatic heterocycles. The van der Waals surface area contributed by atoms with Crippen LogP contribution in [0.5, 0.6) is 5.75 Å². The summed E-state index contributed by atoms with van der Waals surface area (Å²) in [6, 6.07) is 3.69. The molecule has 1 saturated carbocycles. The molecule has 0 spiro atoms. The molecule has 3 nitrogen and oxygen atoms in total. The molecular formula is C13H19NO2. The Bertz CT molecular complexity index is 357. The Morgan fingerprint density at radius 2 is 2.12 bits per heavy atom. The Labute approximate surface area is 96.5 Å². The minimum Gasteiger partial charge on any atom is -0.495 e. The van der Waals surface area contributed by atoms with Crippen molar-refractivity contribution in [3.05, 3.63) is 24.0 Å². The maximum Gasteiger partial charge on any atom is 0.143 e. The van der Waals surface area contributed by atoms with Crippen LogP contribution in [0.25, 0.3) is 0 Å². The van der Waals surface area contributed by atoms with Crippen LogP contribution in [0.1, 0.15) is 38.3 Å². The lowest BCUT2D eigenvalue weighted by atomic mass is 9.77. The molecule has 0 saturated heterocycles. The van der Waals surface area contributed by atoms with Crippen molar-refractivity contribution in [2.24, 2.45) is 5.92 Å². The summed E-state index contributed by atoms with van der Waals surface area (Å²) in [4.78, 5) is 4.29. The van der Waals surface area contributed by atoms with Gasteiger partial charge in [0.25, 0.3) is 0 Å². The summed E-state index contributed by atoms with van der Waals surface area (Å²) >= 11 is 0. The van der Waals surface area contributed by atoms with Crippen molar-refractivity contribution in [1.82, 2.24) is 4.98 Å². The first-order valence-corrected chi connectivity index (χ1v) is 5.87. The highest BCUT2D eigenvalue weighted by molar-refractivity contribution is 5.32. The first kappa shape index (κ1) is 11.4. The minimum atomic E-state index is -0.793. The molecule has 2 rings (SSSR count). The van der Waals surface area contributed by atoms with Crippen LogP contribution in [-0.2, 0) is 5.60 Å². The van der Waals surface area contributed by atoms with Crippen LogP contribution >= 0.6 is 0 Å². The number of aromatic nitrogens is 1. The highest BCUT2D eigenvalue weighted by atomic mass is 16.5. The largest absolute Gasteiger partial charge is 0.495 e. The van der Waals surface area contributed by atoms with E-state index < -0.39 is 5.60 Å². The second kappa shape index (κ2) is 4.42. The fraction of sp³-hybridized carbons (Fsp3) is 0.615. The fourth-order valence-corrected chi connectivity index (χ4v) is 2.38. The van der Waals surface area contributed by atoms with Crippen LogP contribution in [0, 0.1) is 5.92 Å². The monoisotopic (exact) mass is 221 g/mol. The van der Waals surface area contributed by atoms with E-state index in [9.17, 15) is 5.11 Å². The van der Waals surface area contributed by atoms with Gasteiger partial charge < -0.3 is 9.84 Å².